The van der Waals surface area contributed by atoms with Crippen LogP contribution in [-0.4, -0.2) is 32.3 Å². The summed E-state index contributed by atoms with van der Waals surface area (Å²) in [7, 11) is 3.73. The Bertz CT molecular complexity index is 385. The van der Waals surface area contributed by atoms with Crippen molar-refractivity contribution >= 4 is 5.82 Å². The quantitative estimate of drug-likeness (QED) is 0.868. The average Bonchev–Trinajstić information content (AvgIpc) is 2.34. The average molecular weight is 251 g/mol. The SMILES string of the molecule is COCCN(C)c1cc(CN)cc(C(C)(C)C)n1. The van der Waals surface area contributed by atoms with Crippen molar-refractivity contribution in [2.45, 2.75) is 32.7 Å². The molecule has 1 rings (SSSR count). The van der Waals surface area contributed by atoms with Crippen LogP contribution in [-0.2, 0) is 16.7 Å². The van der Waals surface area contributed by atoms with Gasteiger partial charge in [-0.15, -0.1) is 0 Å². The summed E-state index contributed by atoms with van der Waals surface area (Å²) in [4.78, 5) is 6.82. The number of aromatic nitrogens is 1. The molecule has 0 spiro atoms. The molecule has 4 nitrogen and oxygen atoms in total. The molecule has 0 radical (unpaired) electrons. The lowest BCUT2D eigenvalue weighted by Crippen LogP contribution is -2.25. The third-order valence-electron chi connectivity index (χ3n) is 2.90. The van der Waals surface area contributed by atoms with Gasteiger partial charge in [-0.2, -0.15) is 0 Å². The molecule has 0 aliphatic carbocycles. The van der Waals surface area contributed by atoms with Crippen LogP contribution in [0.15, 0.2) is 12.1 Å². The highest BCUT2D eigenvalue weighted by molar-refractivity contribution is 5.43. The van der Waals surface area contributed by atoms with Crippen LogP contribution in [0, 0.1) is 0 Å². The lowest BCUT2D eigenvalue weighted by Gasteiger charge is -2.24. The first-order valence-corrected chi connectivity index (χ1v) is 6.30. The van der Waals surface area contributed by atoms with Crippen molar-refractivity contribution in [3.63, 3.8) is 0 Å². The number of rotatable bonds is 5. The summed E-state index contributed by atoms with van der Waals surface area (Å²) in [5, 5.41) is 0. The molecule has 0 aliphatic heterocycles. The molecule has 0 bridgehead atoms. The minimum Gasteiger partial charge on any atom is -0.383 e. The third-order valence-corrected chi connectivity index (χ3v) is 2.90. The smallest absolute Gasteiger partial charge is 0.128 e. The molecule has 0 aromatic carbocycles. The number of nitrogens with two attached hydrogens (primary N) is 1. The van der Waals surface area contributed by atoms with Crippen LogP contribution >= 0.6 is 0 Å². The minimum atomic E-state index is 0.0298. The molecule has 0 aliphatic rings. The zero-order valence-electron chi connectivity index (χ0n) is 12.2. The maximum absolute atomic E-state index is 5.76. The van der Waals surface area contributed by atoms with E-state index in [9.17, 15) is 0 Å². The first-order chi connectivity index (χ1) is 8.38. The fourth-order valence-corrected chi connectivity index (χ4v) is 1.61. The van der Waals surface area contributed by atoms with Crippen LogP contribution in [0.2, 0.25) is 0 Å². The van der Waals surface area contributed by atoms with E-state index >= 15 is 0 Å². The Morgan fingerprint density at radius 1 is 1.33 bits per heavy atom. The van der Waals surface area contributed by atoms with Crippen molar-refractivity contribution in [3.05, 3.63) is 23.4 Å². The Kier molecular flexibility index (Phi) is 5.11. The number of anilines is 1. The van der Waals surface area contributed by atoms with Gasteiger partial charge in [-0.3, -0.25) is 0 Å². The topological polar surface area (TPSA) is 51.4 Å². The van der Waals surface area contributed by atoms with Crippen molar-refractivity contribution < 1.29 is 4.74 Å². The number of methoxy groups -OCH3 is 1. The number of hydrogen-bond acceptors (Lipinski definition) is 4. The molecule has 0 saturated heterocycles. The van der Waals surface area contributed by atoms with Gasteiger partial charge in [-0.1, -0.05) is 20.8 Å². The van der Waals surface area contributed by atoms with Crippen molar-refractivity contribution in [1.29, 1.82) is 0 Å². The molecule has 1 aromatic rings. The molecule has 2 N–H and O–H groups in total. The van der Waals surface area contributed by atoms with Gasteiger partial charge in [0.25, 0.3) is 0 Å². The van der Waals surface area contributed by atoms with Crippen LogP contribution in [0.25, 0.3) is 0 Å². The zero-order chi connectivity index (χ0) is 13.8. The summed E-state index contributed by atoms with van der Waals surface area (Å²) in [6, 6.07) is 4.14. The fourth-order valence-electron chi connectivity index (χ4n) is 1.61. The predicted molar refractivity (Wildman–Crippen MR) is 76.0 cm³/mol. The summed E-state index contributed by atoms with van der Waals surface area (Å²) >= 11 is 0. The Balaban J connectivity index is 3.04. The van der Waals surface area contributed by atoms with E-state index in [1.165, 1.54) is 0 Å². The van der Waals surface area contributed by atoms with Crippen molar-refractivity contribution in [2.24, 2.45) is 5.73 Å². The van der Waals surface area contributed by atoms with Gasteiger partial charge in [0, 0.05) is 38.4 Å². The van der Waals surface area contributed by atoms with E-state index in [-0.39, 0.29) is 5.41 Å². The monoisotopic (exact) mass is 251 g/mol. The van der Waals surface area contributed by atoms with Crippen molar-refractivity contribution in [3.8, 4) is 0 Å². The van der Waals surface area contributed by atoms with Gasteiger partial charge in [-0.25, -0.2) is 4.98 Å². The maximum atomic E-state index is 5.76. The Labute approximate surface area is 110 Å². The van der Waals surface area contributed by atoms with Gasteiger partial charge < -0.3 is 15.4 Å². The molecule has 0 atom stereocenters. The summed E-state index contributed by atoms with van der Waals surface area (Å²) in [6.07, 6.45) is 0. The largest absolute Gasteiger partial charge is 0.383 e. The lowest BCUT2D eigenvalue weighted by atomic mass is 9.90. The highest BCUT2D eigenvalue weighted by atomic mass is 16.5. The zero-order valence-corrected chi connectivity index (χ0v) is 12.2. The van der Waals surface area contributed by atoms with Crippen LogP contribution < -0.4 is 10.6 Å². The molecule has 1 aromatic heterocycles. The minimum absolute atomic E-state index is 0.0298. The van der Waals surface area contributed by atoms with Gasteiger partial charge >= 0.3 is 0 Å². The van der Waals surface area contributed by atoms with Crippen molar-refractivity contribution in [2.75, 3.05) is 32.2 Å². The second-order valence-corrected chi connectivity index (χ2v) is 5.59. The van der Waals surface area contributed by atoms with E-state index in [2.05, 4.69) is 31.7 Å². The van der Waals surface area contributed by atoms with Crippen LogP contribution in [0.5, 0.6) is 0 Å². The van der Waals surface area contributed by atoms with E-state index in [0.29, 0.717) is 13.2 Å². The number of pyridine rings is 1. The van der Waals surface area contributed by atoms with E-state index < -0.39 is 0 Å². The molecule has 1 heterocycles. The first kappa shape index (κ1) is 14.9. The lowest BCUT2D eigenvalue weighted by molar-refractivity contribution is 0.206. The highest BCUT2D eigenvalue weighted by Gasteiger charge is 2.17. The Morgan fingerprint density at radius 3 is 2.50 bits per heavy atom. The molecule has 18 heavy (non-hydrogen) atoms. The van der Waals surface area contributed by atoms with E-state index in [1.54, 1.807) is 7.11 Å². The number of ether oxygens (including phenoxy) is 1. The van der Waals surface area contributed by atoms with Gasteiger partial charge in [0.2, 0.25) is 0 Å². The molecule has 0 unspecified atom stereocenters. The number of likely N-dealkylation sites (N-methyl/N-ethyl adjacent to an activating group) is 1. The second-order valence-electron chi connectivity index (χ2n) is 5.59. The summed E-state index contributed by atoms with van der Waals surface area (Å²) in [5.41, 5.74) is 7.98. The molecule has 0 fully saturated rings. The maximum Gasteiger partial charge on any atom is 0.128 e. The fraction of sp³-hybridized carbons (Fsp3) is 0.643. The standard InChI is InChI=1S/C14H25N3O/c1-14(2,3)12-8-11(10-15)9-13(16-12)17(4)6-7-18-5/h8-9H,6-7,10,15H2,1-5H3. The highest BCUT2D eigenvalue weighted by Crippen LogP contribution is 2.24. The van der Waals surface area contributed by atoms with Gasteiger partial charge in [0.1, 0.15) is 5.82 Å². The Hall–Kier alpha value is -1.13. The van der Waals surface area contributed by atoms with Gasteiger partial charge in [0.15, 0.2) is 0 Å². The molecule has 0 amide bonds. The molecule has 0 saturated carbocycles. The normalized spacial score (nSPS) is 11.7. The third kappa shape index (κ3) is 3.96. The number of hydrogen-bond donors (Lipinski definition) is 1. The first-order valence-electron chi connectivity index (χ1n) is 6.30. The predicted octanol–water partition coefficient (Wildman–Crippen LogP) is 1.92. The van der Waals surface area contributed by atoms with Crippen LogP contribution in [0.4, 0.5) is 5.82 Å². The van der Waals surface area contributed by atoms with E-state index in [1.807, 2.05) is 13.1 Å². The van der Waals surface area contributed by atoms with Gasteiger partial charge in [0.05, 0.1) is 6.61 Å². The molecular weight excluding hydrogens is 226 g/mol. The van der Waals surface area contributed by atoms with Gasteiger partial charge in [-0.05, 0) is 17.7 Å². The summed E-state index contributed by atoms with van der Waals surface area (Å²) < 4.78 is 5.09. The van der Waals surface area contributed by atoms with Crippen molar-refractivity contribution in [1.82, 2.24) is 4.98 Å². The molecule has 102 valence electrons. The second kappa shape index (κ2) is 6.16. The summed E-state index contributed by atoms with van der Waals surface area (Å²) in [5.74, 6) is 0.958. The van der Waals surface area contributed by atoms with E-state index in [0.717, 1.165) is 23.6 Å². The number of nitrogens with zero attached hydrogens (tertiary/aromatic N) is 2. The summed E-state index contributed by atoms with van der Waals surface area (Å²) in [6.45, 7) is 8.53. The molecular formula is C14H25N3O. The van der Waals surface area contributed by atoms with Crippen LogP contribution in [0.1, 0.15) is 32.0 Å². The van der Waals surface area contributed by atoms with E-state index in [4.69, 9.17) is 15.5 Å². The van der Waals surface area contributed by atoms with Crippen LogP contribution in [0.3, 0.4) is 0 Å². The Morgan fingerprint density at radius 2 is 2.00 bits per heavy atom. The molecule has 4 heteroatoms.